The molecule has 12 nitrogen and oxygen atoms in total. The number of ether oxygens (including phenoxy) is 1. The summed E-state index contributed by atoms with van der Waals surface area (Å²) in [6, 6.07) is 10.3. The average molecular weight is 606 g/mol. The van der Waals surface area contributed by atoms with Crippen LogP contribution in [0.2, 0.25) is 0 Å². The highest BCUT2D eigenvalue weighted by Crippen LogP contribution is 2.36. The number of benzene rings is 2. The zero-order valence-electron chi connectivity index (χ0n) is 23.6. The molecule has 14 heteroatoms. The van der Waals surface area contributed by atoms with Crippen molar-refractivity contribution in [2.45, 2.75) is 42.8 Å². The van der Waals surface area contributed by atoms with E-state index in [-0.39, 0.29) is 46.6 Å². The van der Waals surface area contributed by atoms with Crippen LogP contribution in [0.15, 0.2) is 64.9 Å². The lowest BCUT2D eigenvalue weighted by Gasteiger charge is -2.38. The molecular formula is C27H35N5O7S2. The first-order valence-electron chi connectivity index (χ1n) is 13.0. The number of carbonyl (C=O) groups is 1. The Kier molecular flexibility index (Phi) is 8.78. The first-order valence-corrected chi connectivity index (χ1v) is 15.9. The van der Waals surface area contributed by atoms with Gasteiger partial charge in [-0.25, -0.2) is 21.8 Å². The maximum Gasteiger partial charge on any atom is 0.262 e. The second-order valence-corrected chi connectivity index (χ2v) is 14.1. The van der Waals surface area contributed by atoms with E-state index in [0.29, 0.717) is 0 Å². The predicted octanol–water partition coefficient (Wildman–Crippen LogP) is 2.07. The second kappa shape index (κ2) is 11.8. The third-order valence-electron chi connectivity index (χ3n) is 7.06. The lowest BCUT2D eigenvalue weighted by molar-refractivity contribution is 0.0389. The molecule has 0 radical (unpaired) electrons. The van der Waals surface area contributed by atoms with Crippen LogP contribution in [-0.4, -0.2) is 85.5 Å². The van der Waals surface area contributed by atoms with Crippen molar-refractivity contribution in [2.75, 3.05) is 31.5 Å². The zero-order valence-corrected chi connectivity index (χ0v) is 25.2. The number of anilines is 1. The van der Waals surface area contributed by atoms with Gasteiger partial charge >= 0.3 is 0 Å². The highest BCUT2D eigenvalue weighted by molar-refractivity contribution is 7.92. The quantitative estimate of drug-likeness (QED) is 0.376. The van der Waals surface area contributed by atoms with E-state index in [1.807, 2.05) is 6.92 Å². The number of likely N-dealkylation sites (N-methyl/N-ethyl adjacent to an activating group) is 1. The normalized spacial score (nSPS) is 18.8. The molecule has 1 aliphatic rings. The van der Waals surface area contributed by atoms with Gasteiger partial charge < -0.3 is 19.3 Å². The van der Waals surface area contributed by atoms with E-state index in [1.165, 1.54) is 59.4 Å². The van der Waals surface area contributed by atoms with Gasteiger partial charge in [-0.2, -0.15) is 4.31 Å². The molecule has 2 heterocycles. The second-order valence-electron chi connectivity index (χ2n) is 10.4. The van der Waals surface area contributed by atoms with Gasteiger partial charge in [0.2, 0.25) is 0 Å². The number of rotatable bonds is 9. The number of imidazole rings is 1. The number of hydrogen-bond donors (Lipinski definition) is 2. The largest absolute Gasteiger partial charge is 0.486 e. The minimum atomic E-state index is -4.06. The summed E-state index contributed by atoms with van der Waals surface area (Å²) < 4.78 is 64.6. The van der Waals surface area contributed by atoms with Crippen LogP contribution in [0.3, 0.4) is 0 Å². The highest BCUT2D eigenvalue weighted by atomic mass is 32.2. The van der Waals surface area contributed by atoms with Crippen LogP contribution >= 0.6 is 0 Å². The first-order chi connectivity index (χ1) is 19.2. The van der Waals surface area contributed by atoms with Gasteiger partial charge in [0.25, 0.3) is 26.0 Å². The fourth-order valence-electron chi connectivity index (χ4n) is 4.50. The van der Waals surface area contributed by atoms with Gasteiger partial charge in [-0.3, -0.25) is 9.52 Å². The molecule has 0 fully saturated rings. The monoisotopic (exact) mass is 605 g/mol. The van der Waals surface area contributed by atoms with E-state index in [9.17, 15) is 26.7 Å². The van der Waals surface area contributed by atoms with Crippen LogP contribution in [0.1, 0.15) is 29.8 Å². The molecule has 3 aromatic rings. The number of hydrogen-bond acceptors (Lipinski definition) is 8. The molecule has 3 atom stereocenters. The molecule has 0 bridgehead atoms. The van der Waals surface area contributed by atoms with Gasteiger partial charge in [-0.1, -0.05) is 30.7 Å². The van der Waals surface area contributed by atoms with Crippen molar-refractivity contribution in [3.8, 4) is 5.75 Å². The number of aliphatic hydroxyl groups excluding tert-OH is 1. The Morgan fingerprint density at radius 1 is 1.17 bits per heavy atom. The number of amides is 1. The van der Waals surface area contributed by atoms with E-state index >= 15 is 0 Å². The van der Waals surface area contributed by atoms with Crippen molar-refractivity contribution in [1.29, 1.82) is 0 Å². The number of carbonyl (C=O) groups excluding carboxylic acids is 1. The van der Waals surface area contributed by atoms with Gasteiger partial charge in [-0.15, -0.1) is 0 Å². The molecule has 0 saturated carbocycles. The lowest BCUT2D eigenvalue weighted by Crippen LogP contribution is -2.50. The predicted molar refractivity (Wildman–Crippen MR) is 153 cm³/mol. The fraction of sp³-hybridized carbons (Fsp3) is 0.407. The molecule has 4 rings (SSSR count). The van der Waals surface area contributed by atoms with E-state index in [0.717, 1.165) is 9.87 Å². The van der Waals surface area contributed by atoms with Gasteiger partial charge in [-0.05, 0) is 38.1 Å². The van der Waals surface area contributed by atoms with E-state index in [4.69, 9.17) is 4.74 Å². The van der Waals surface area contributed by atoms with Gasteiger partial charge in [0.15, 0.2) is 10.8 Å². The molecule has 41 heavy (non-hydrogen) atoms. The van der Waals surface area contributed by atoms with Crippen LogP contribution in [-0.2, 0) is 27.1 Å². The molecule has 0 spiro atoms. The van der Waals surface area contributed by atoms with E-state index in [2.05, 4.69) is 9.71 Å². The summed E-state index contributed by atoms with van der Waals surface area (Å²) in [6.07, 6.45) is 1.98. The number of fused-ring (bicyclic) bond motifs is 1. The highest BCUT2D eigenvalue weighted by Gasteiger charge is 2.37. The summed E-state index contributed by atoms with van der Waals surface area (Å²) in [4.78, 5) is 19.2. The molecule has 1 aliphatic heterocycles. The van der Waals surface area contributed by atoms with Crippen molar-refractivity contribution >= 4 is 31.6 Å². The Bertz CT molecular complexity index is 1620. The van der Waals surface area contributed by atoms with E-state index < -0.39 is 44.0 Å². The van der Waals surface area contributed by atoms with Crippen molar-refractivity contribution in [2.24, 2.45) is 13.0 Å². The number of nitrogens with one attached hydrogen (secondary N) is 1. The smallest absolute Gasteiger partial charge is 0.262 e. The minimum absolute atomic E-state index is 0.0245. The van der Waals surface area contributed by atoms with Crippen molar-refractivity contribution in [1.82, 2.24) is 18.8 Å². The molecule has 2 N–H and O–H groups in total. The summed E-state index contributed by atoms with van der Waals surface area (Å²) in [5, 5.41) is 9.76. The standard InChI is InChI=1S/C27H35N5O7S2/c1-18-9-11-21(12-10-18)40(35,36)29-23-8-6-7-22-26(23)39-24(19(2)13-32(27(22)34)20(3)16-33)14-31(5)41(37,38)25-15-30(4)17-28-25/h6-12,15,17,19-20,24,29,33H,13-14,16H2,1-5H3/t19-,20+,24+/m0/s1. The topological polar surface area (TPSA) is 151 Å². The fourth-order valence-corrected chi connectivity index (χ4v) is 6.70. The minimum Gasteiger partial charge on any atom is -0.486 e. The Labute approximate surface area is 240 Å². The van der Waals surface area contributed by atoms with Gasteiger partial charge in [0, 0.05) is 32.8 Å². The summed E-state index contributed by atoms with van der Waals surface area (Å²) in [7, 11) is -4.96. The van der Waals surface area contributed by atoms with Gasteiger partial charge in [0.1, 0.15) is 6.10 Å². The summed E-state index contributed by atoms with van der Waals surface area (Å²) in [5.74, 6) is -0.884. The Morgan fingerprint density at radius 3 is 2.46 bits per heavy atom. The van der Waals surface area contributed by atoms with Crippen LogP contribution in [0.25, 0.3) is 0 Å². The van der Waals surface area contributed by atoms with E-state index in [1.54, 1.807) is 33.0 Å². The number of aryl methyl sites for hydroxylation is 2. The van der Waals surface area contributed by atoms with Crippen molar-refractivity contribution in [3.05, 3.63) is 66.1 Å². The number of para-hydroxylation sites is 1. The maximum absolute atomic E-state index is 13.7. The number of sulfonamides is 2. The number of nitrogens with zero attached hydrogens (tertiary/aromatic N) is 4. The molecule has 0 unspecified atom stereocenters. The zero-order chi connectivity index (χ0) is 30.1. The summed E-state index contributed by atoms with van der Waals surface area (Å²) >= 11 is 0. The molecular weight excluding hydrogens is 570 g/mol. The Hall–Kier alpha value is -3.46. The number of aromatic nitrogens is 2. The molecule has 0 saturated heterocycles. The third-order valence-corrected chi connectivity index (χ3v) is 10.2. The molecule has 1 amide bonds. The third kappa shape index (κ3) is 6.40. The molecule has 0 aliphatic carbocycles. The Morgan fingerprint density at radius 2 is 1.85 bits per heavy atom. The van der Waals surface area contributed by atoms with Crippen LogP contribution in [0, 0.1) is 12.8 Å². The first kappa shape index (κ1) is 30.5. The molecule has 222 valence electrons. The molecule has 1 aromatic heterocycles. The van der Waals surface area contributed by atoms with Gasteiger partial charge in [0.05, 0.1) is 41.7 Å². The average Bonchev–Trinajstić information content (AvgIpc) is 3.37. The summed E-state index contributed by atoms with van der Waals surface area (Å²) in [6.45, 7) is 5.10. The molecule has 2 aromatic carbocycles. The number of aliphatic hydroxyl groups is 1. The van der Waals surface area contributed by atoms with Crippen LogP contribution < -0.4 is 9.46 Å². The van der Waals surface area contributed by atoms with Crippen molar-refractivity contribution < 1.29 is 31.5 Å². The summed E-state index contributed by atoms with van der Waals surface area (Å²) in [5.41, 5.74) is 1.01. The van der Waals surface area contributed by atoms with Crippen molar-refractivity contribution in [3.63, 3.8) is 0 Å². The SMILES string of the molecule is Cc1ccc(S(=O)(=O)Nc2cccc3c2O[C@H](CN(C)S(=O)(=O)c2cn(C)cn2)[C@@H](C)CN([C@H](C)CO)C3=O)cc1. The van der Waals surface area contributed by atoms with Crippen LogP contribution in [0.4, 0.5) is 5.69 Å². The van der Waals surface area contributed by atoms with Crippen LogP contribution in [0.5, 0.6) is 5.75 Å². The Balaban J connectivity index is 1.76. The lowest BCUT2D eigenvalue weighted by atomic mass is 9.99. The maximum atomic E-state index is 13.7.